The highest BCUT2D eigenvalue weighted by atomic mass is 19.4. The first-order valence-corrected chi connectivity index (χ1v) is 14.8. The van der Waals surface area contributed by atoms with Gasteiger partial charge in [-0.2, -0.15) is 22.0 Å². The molecule has 0 aromatic heterocycles. The zero-order valence-corrected chi connectivity index (χ0v) is 25.1. The summed E-state index contributed by atoms with van der Waals surface area (Å²) in [4.78, 5) is 0. The van der Waals surface area contributed by atoms with Gasteiger partial charge in [0.2, 0.25) is 0 Å². The van der Waals surface area contributed by atoms with Crippen LogP contribution in [-0.2, 0) is 15.6 Å². The Hall–Kier alpha value is -4.28. The van der Waals surface area contributed by atoms with E-state index in [1.165, 1.54) is 5.92 Å². The van der Waals surface area contributed by atoms with Crippen LogP contribution in [0.5, 0.6) is 5.75 Å². The van der Waals surface area contributed by atoms with Gasteiger partial charge in [0.05, 0.1) is 18.8 Å². The van der Waals surface area contributed by atoms with Crippen molar-refractivity contribution in [1.29, 1.82) is 0 Å². The molecule has 1 aliphatic heterocycles. The third-order valence-electron chi connectivity index (χ3n) is 7.67. The highest BCUT2D eigenvalue weighted by Gasteiger charge is 2.42. The van der Waals surface area contributed by atoms with Crippen LogP contribution in [0.15, 0.2) is 54.6 Å². The molecule has 0 atom stereocenters. The minimum Gasteiger partial charge on any atom is -0.429 e. The summed E-state index contributed by atoms with van der Waals surface area (Å²) < 4.78 is 157. The van der Waals surface area contributed by atoms with Gasteiger partial charge in [-0.05, 0) is 53.8 Å². The quantitative estimate of drug-likeness (QED) is 0.0998. The minimum atomic E-state index is -4.99. The fourth-order valence-corrected chi connectivity index (χ4v) is 5.33. The average molecular weight is 685 g/mol. The van der Waals surface area contributed by atoms with E-state index in [0.717, 1.165) is 61.9 Å². The molecule has 4 aromatic rings. The van der Waals surface area contributed by atoms with Crippen molar-refractivity contribution in [3.63, 3.8) is 0 Å². The fraction of sp³-hybridized carbons (Fsp3) is 0.314. The summed E-state index contributed by atoms with van der Waals surface area (Å²) in [6.07, 6.45) is -6.84. The van der Waals surface area contributed by atoms with Gasteiger partial charge in [0.25, 0.3) is 0 Å². The van der Waals surface area contributed by atoms with Gasteiger partial charge in [0.15, 0.2) is 6.29 Å². The molecule has 0 unspecified atom stereocenters. The molecule has 5 rings (SSSR count). The molecule has 1 fully saturated rings. The van der Waals surface area contributed by atoms with Crippen LogP contribution in [-0.4, -0.2) is 19.4 Å². The zero-order valence-electron chi connectivity index (χ0n) is 25.1. The van der Waals surface area contributed by atoms with E-state index < -0.39 is 64.5 Å². The monoisotopic (exact) mass is 684 g/mol. The Morgan fingerprint density at radius 2 is 1.48 bits per heavy atom. The maximum Gasteiger partial charge on any atom is 0.458 e. The Balaban J connectivity index is 1.33. The number of fused-ring (bicyclic) bond motifs is 1. The predicted molar refractivity (Wildman–Crippen MR) is 155 cm³/mol. The number of ether oxygens (including phenoxy) is 3. The van der Waals surface area contributed by atoms with Crippen molar-refractivity contribution in [3.8, 4) is 28.7 Å². The third kappa shape index (κ3) is 7.88. The molecule has 0 N–H and O–H groups in total. The lowest BCUT2D eigenvalue weighted by Gasteiger charge is -2.30. The van der Waals surface area contributed by atoms with E-state index in [1.54, 1.807) is 0 Å². The van der Waals surface area contributed by atoms with Crippen LogP contribution in [0.2, 0.25) is 0 Å². The van der Waals surface area contributed by atoms with Crippen molar-refractivity contribution in [2.45, 2.75) is 51.2 Å². The lowest BCUT2D eigenvalue weighted by molar-refractivity contribution is -0.206. The predicted octanol–water partition coefficient (Wildman–Crippen LogP) is 10.5. The highest BCUT2D eigenvalue weighted by Crippen LogP contribution is 2.39. The summed E-state index contributed by atoms with van der Waals surface area (Å²) in [5.41, 5.74) is -3.20. The largest absolute Gasteiger partial charge is 0.458 e. The van der Waals surface area contributed by atoms with E-state index in [0.29, 0.717) is 24.3 Å². The van der Waals surface area contributed by atoms with Crippen LogP contribution in [0.1, 0.15) is 55.6 Å². The first kappa shape index (κ1) is 35.0. The number of alkyl halides is 5. The molecule has 1 saturated heterocycles. The van der Waals surface area contributed by atoms with Gasteiger partial charge >= 0.3 is 12.3 Å². The number of benzene rings is 4. The summed E-state index contributed by atoms with van der Waals surface area (Å²) in [6.45, 7) is 2.61. The molecule has 0 amide bonds. The van der Waals surface area contributed by atoms with Gasteiger partial charge in [0.1, 0.15) is 40.4 Å². The Labute approximate surface area is 268 Å². The molecule has 0 spiro atoms. The molecular formula is C35H26F10O3. The summed E-state index contributed by atoms with van der Waals surface area (Å²) in [7, 11) is 0. The van der Waals surface area contributed by atoms with E-state index in [4.69, 9.17) is 9.47 Å². The second-order valence-corrected chi connectivity index (χ2v) is 11.2. The second-order valence-electron chi connectivity index (χ2n) is 11.2. The first-order valence-electron chi connectivity index (χ1n) is 14.8. The lowest BCUT2D eigenvalue weighted by atomic mass is 9.98. The number of hydrogen-bond acceptors (Lipinski definition) is 3. The van der Waals surface area contributed by atoms with Crippen molar-refractivity contribution in [2.24, 2.45) is 5.92 Å². The molecule has 0 radical (unpaired) electrons. The smallest absolute Gasteiger partial charge is 0.429 e. The molecule has 0 saturated carbocycles. The highest BCUT2D eigenvalue weighted by molar-refractivity contribution is 5.89. The van der Waals surface area contributed by atoms with Crippen LogP contribution >= 0.6 is 0 Å². The summed E-state index contributed by atoms with van der Waals surface area (Å²) in [5.74, 6) is -5.68. The second kappa shape index (κ2) is 14.1. The van der Waals surface area contributed by atoms with E-state index in [9.17, 15) is 30.7 Å². The maximum absolute atomic E-state index is 15.1. The summed E-state index contributed by atoms with van der Waals surface area (Å²) in [5, 5.41) is -0.466. The molecule has 3 nitrogen and oxygen atoms in total. The normalized spacial score (nSPS) is 16.9. The molecule has 48 heavy (non-hydrogen) atoms. The number of rotatable bonds is 9. The Kier molecular flexibility index (Phi) is 10.3. The topological polar surface area (TPSA) is 27.7 Å². The van der Waals surface area contributed by atoms with Gasteiger partial charge < -0.3 is 14.2 Å². The van der Waals surface area contributed by atoms with Crippen molar-refractivity contribution in [1.82, 2.24) is 0 Å². The van der Waals surface area contributed by atoms with Crippen LogP contribution in [0.25, 0.3) is 21.9 Å². The SMILES string of the molecule is CCCCCC1COC(c2cc(F)c(C(F)(F)Oc3ccc(-c4ccc5c(F)c(C#CC(F)(F)F)c(F)cc5c4)c(F)c3)c(F)c2)OC1. The Morgan fingerprint density at radius 1 is 0.792 bits per heavy atom. The van der Waals surface area contributed by atoms with Crippen LogP contribution in [0, 0.1) is 46.8 Å². The van der Waals surface area contributed by atoms with Gasteiger partial charge in [-0.3, -0.25) is 0 Å². The average Bonchev–Trinajstić information content (AvgIpc) is 3.00. The van der Waals surface area contributed by atoms with Crippen molar-refractivity contribution >= 4 is 10.8 Å². The minimum absolute atomic E-state index is 0.0124. The molecule has 0 bridgehead atoms. The number of halogens is 10. The van der Waals surface area contributed by atoms with Crippen LogP contribution in [0.4, 0.5) is 43.9 Å². The molecular weight excluding hydrogens is 658 g/mol. The third-order valence-corrected chi connectivity index (χ3v) is 7.67. The van der Waals surface area contributed by atoms with Gasteiger partial charge in [-0.25, -0.2) is 22.0 Å². The Morgan fingerprint density at radius 3 is 2.10 bits per heavy atom. The zero-order chi connectivity index (χ0) is 34.8. The molecule has 0 aliphatic carbocycles. The maximum atomic E-state index is 15.1. The van der Waals surface area contributed by atoms with E-state index in [-0.39, 0.29) is 46.6 Å². The summed E-state index contributed by atoms with van der Waals surface area (Å²) in [6, 6.07) is 7.75. The Bertz CT molecular complexity index is 1850. The molecule has 1 aliphatic rings. The fourth-order valence-electron chi connectivity index (χ4n) is 5.33. The molecule has 4 aromatic carbocycles. The van der Waals surface area contributed by atoms with Gasteiger partial charge in [0, 0.05) is 34.4 Å². The van der Waals surface area contributed by atoms with E-state index in [1.807, 2.05) is 0 Å². The van der Waals surface area contributed by atoms with Gasteiger partial charge in [-0.1, -0.05) is 44.2 Å². The van der Waals surface area contributed by atoms with Crippen LogP contribution in [0.3, 0.4) is 0 Å². The van der Waals surface area contributed by atoms with E-state index >= 15 is 13.2 Å². The number of unbranched alkanes of at least 4 members (excludes halogenated alkanes) is 2. The van der Waals surface area contributed by atoms with E-state index in [2.05, 4.69) is 11.7 Å². The van der Waals surface area contributed by atoms with Crippen molar-refractivity contribution in [2.75, 3.05) is 13.2 Å². The molecule has 13 heteroatoms. The van der Waals surface area contributed by atoms with Crippen LogP contribution < -0.4 is 4.74 Å². The van der Waals surface area contributed by atoms with Crippen molar-refractivity contribution < 1.29 is 58.1 Å². The van der Waals surface area contributed by atoms with Gasteiger partial charge in [-0.15, -0.1) is 0 Å². The molecule has 254 valence electrons. The lowest BCUT2D eigenvalue weighted by Crippen LogP contribution is -2.28. The van der Waals surface area contributed by atoms with Crippen molar-refractivity contribution in [3.05, 3.63) is 100 Å². The number of hydrogen-bond donors (Lipinski definition) is 0. The molecule has 1 heterocycles. The first-order chi connectivity index (χ1) is 22.7. The standard InChI is InChI=1S/C35H26F10O3/c1-2-3-4-5-19-17-46-33(47-18-19)22-14-29(38)31(30(39)15-22)35(44,45)48-23-7-9-24(28(37)16-23)20-6-8-25-21(12-20)13-27(36)26(32(25)40)10-11-34(41,42)43/h6-9,12-16,19,33H,2-5,17-18H2,1H3. The summed E-state index contributed by atoms with van der Waals surface area (Å²) >= 11 is 0.